The predicted octanol–water partition coefficient (Wildman–Crippen LogP) is 1.54. The van der Waals surface area contributed by atoms with Crippen molar-refractivity contribution >= 4 is 29.6 Å². The van der Waals surface area contributed by atoms with Crippen LogP contribution in [0.1, 0.15) is 5.56 Å². The summed E-state index contributed by atoms with van der Waals surface area (Å²) >= 11 is 0.230. The zero-order valence-corrected chi connectivity index (χ0v) is 11.2. The van der Waals surface area contributed by atoms with E-state index in [9.17, 15) is 0 Å². The van der Waals surface area contributed by atoms with Gasteiger partial charge in [-0.1, -0.05) is 0 Å². The van der Waals surface area contributed by atoms with Crippen LogP contribution in [-0.2, 0) is 0 Å². The minimum atomic E-state index is 0.230. The second-order valence-corrected chi connectivity index (χ2v) is 5.99. The first-order chi connectivity index (χ1) is 8.29. The second-order valence-electron chi connectivity index (χ2n) is 3.65. The van der Waals surface area contributed by atoms with Gasteiger partial charge >= 0.3 is 107 Å². The summed E-state index contributed by atoms with van der Waals surface area (Å²) in [5, 5.41) is 11.4. The van der Waals surface area contributed by atoms with Crippen LogP contribution in [0.25, 0.3) is 0 Å². The number of hydrogen-bond donors (Lipinski definition) is 1. The Morgan fingerprint density at radius 3 is 2.47 bits per heavy atom. The van der Waals surface area contributed by atoms with E-state index in [4.69, 9.17) is 5.26 Å². The van der Waals surface area contributed by atoms with Crippen molar-refractivity contribution in [3.63, 3.8) is 0 Å². The Bertz CT molecular complexity index is 541. The number of para-hydroxylation sites is 1. The normalized spacial score (nSPS) is 9.65. The van der Waals surface area contributed by atoms with Gasteiger partial charge in [-0.2, -0.15) is 0 Å². The summed E-state index contributed by atoms with van der Waals surface area (Å²) in [5.41, 5.74) is 2.18. The molecule has 0 aliphatic heterocycles. The van der Waals surface area contributed by atoms with Crippen molar-refractivity contribution in [1.82, 2.24) is 0 Å². The first-order valence-corrected chi connectivity index (χ1v) is 6.99. The van der Waals surface area contributed by atoms with E-state index < -0.39 is 0 Å². The number of nitrogens with one attached hydrogen (secondary N) is 1. The number of nitriles is 1. The average molecular weight is 287 g/mol. The van der Waals surface area contributed by atoms with E-state index in [2.05, 4.69) is 42.6 Å². The molecule has 0 unspecified atom stereocenters. The van der Waals surface area contributed by atoms with Crippen molar-refractivity contribution in [1.29, 1.82) is 5.26 Å². The van der Waals surface area contributed by atoms with Gasteiger partial charge in [-0.05, 0) is 0 Å². The molecule has 0 radical (unpaired) electrons. The summed E-state index contributed by atoms with van der Waals surface area (Å²) in [5.74, 6) is 0. The molecule has 2 aromatic rings. The minimum absolute atomic E-state index is 0.230. The van der Waals surface area contributed by atoms with Gasteiger partial charge in [-0.15, -0.1) is 0 Å². The maximum absolute atomic E-state index is 8.69. The third-order valence-electron chi connectivity index (χ3n) is 2.33. The van der Waals surface area contributed by atoms with Crippen LogP contribution in [0.15, 0.2) is 48.5 Å². The van der Waals surface area contributed by atoms with E-state index in [-0.39, 0.29) is 15.0 Å². The Balaban J connectivity index is 2.24. The van der Waals surface area contributed by atoms with E-state index >= 15 is 0 Å². The van der Waals surface area contributed by atoms with Crippen molar-refractivity contribution in [2.24, 2.45) is 0 Å². The molecular formula is C14H12N2Se. The number of aryl methyl sites for hydroxylation is 1. The predicted molar refractivity (Wildman–Crippen MR) is 71.9 cm³/mol. The Morgan fingerprint density at radius 1 is 1.06 bits per heavy atom. The van der Waals surface area contributed by atoms with Gasteiger partial charge in [0.1, 0.15) is 0 Å². The molecule has 0 aliphatic carbocycles. The number of nitrogens with zero attached hydrogens (tertiary/aromatic N) is 1. The molecule has 84 valence electrons. The van der Waals surface area contributed by atoms with Gasteiger partial charge < -0.3 is 0 Å². The molecule has 0 amide bonds. The van der Waals surface area contributed by atoms with Crippen molar-refractivity contribution < 1.29 is 0 Å². The number of hydrogen-bond acceptors (Lipinski definition) is 2. The third-order valence-corrected chi connectivity index (χ3v) is 4.60. The van der Waals surface area contributed by atoms with Gasteiger partial charge in [0.25, 0.3) is 0 Å². The van der Waals surface area contributed by atoms with E-state index in [0.29, 0.717) is 0 Å². The molecule has 2 aromatic carbocycles. The van der Waals surface area contributed by atoms with Crippen LogP contribution in [0.5, 0.6) is 0 Å². The zero-order chi connectivity index (χ0) is 12.1. The summed E-state index contributed by atoms with van der Waals surface area (Å²) < 4.78 is 2.51. The zero-order valence-electron chi connectivity index (χ0n) is 9.47. The van der Waals surface area contributed by atoms with Crippen molar-refractivity contribution in [2.45, 2.75) is 6.92 Å². The molecule has 0 atom stereocenters. The molecule has 0 heterocycles. The fourth-order valence-electron chi connectivity index (χ4n) is 1.45. The van der Waals surface area contributed by atoms with E-state index in [1.54, 1.807) is 0 Å². The second kappa shape index (κ2) is 5.54. The SMILES string of the molecule is Cc1ccc([Se]c2ccccc2NC#N)cc1. The Labute approximate surface area is 107 Å². The fraction of sp³-hybridized carbons (Fsp3) is 0.0714. The Morgan fingerprint density at radius 2 is 1.76 bits per heavy atom. The third kappa shape index (κ3) is 3.10. The first kappa shape index (κ1) is 11.7. The van der Waals surface area contributed by atoms with Gasteiger partial charge in [0.15, 0.2) is 0 Å². The van der Waals surface area contributed by atoms with Crippen LogP contribution in [0, 0.1) is 18.4 Å². The molecule has 2 nitrogen and oxygen atoms in total. The molecule has 0 bridgehead atoms. The molecular weight excluding hydrogens is 275 g/mol. The van der Waals surface area contributed by atoms with Crippen LogP contribution in [0.2, 0.25) is 0 Å². The van der Waals surface area contributed by atoms with Crippen molar-refractivity contribution in [3.8, 4) is 6.19 Å². The van der Waals surface area contributed by atoms with Gasteiger partial charge in [0.05, 0.1) is 0 Å². The van der Waals surface area contributed by atoms with Crippen LogP contribution in [0.3, 0.4) is 0 Å². The van der Waals surface area contributed by atoms with Crippen molar-refractivity contribution in [3.05, 3.63) is 54.1 Å². The van der Waals surface area contributed by atoms with E-state index in [1.807, 2.05) is 24.4 Å². The number of anilines is 1. The molecule has 2 rings (SSSR count). The molecule has 0 saturated heterocycles. The standard InChI is InChI=1S/C14H12N2Se/c1-11-6-8-12(9-7-11)17-14-5-3-2-4-13(14)16-10-15/h2-9,16H,1H3. The van der Waals surface area contributed by atoms with Gasteiger partial charge in [0.2, 0.25) is 0 Å². The molecule has 0 fully saturated rings. The van der Waals surface area contributed by atoms with Crippen LogP contribution in [-0.4, -0.2) is 15.0 Å². The quantitative estimate of drug-likeness (QED) is 0.528. The molecule has 0 spiro atoms. The average Bonchev–Trinajstić information content (AvgIpc) is 2.35. The maximum atomic E-state index is 8.69. The van der Waals surface area contributed by atoms with Gasteiger partial charge in [-0.3, -0.25) is 0 Å². The van der Waals surface area contributed by atoms with Crippen molar-refractivity contribution in [2.75, 3.05) is 5.32 Å². The van der Waals surface area contributed by atoms with Crippen LogP contribution < -0.4 is 14.2 Å². The van der Waals surface area contributed by atoms with Gasteiger partial charge in [-0.25, -0.2) is 0 Å². The molecule has 1 N–H and O–H groups in total. The number of rotatable bonds is 3. The van der Waals surface area contributed by atoms with Crippen LogP contribution in [0.4, 0.5) is 5.69 Å². The Kier molecular flexibility index (Phi) is 3.82. The monoisotopic (exact) mass is 288 g/mol. The molecule has 0 aromatic heterocycles. The van der Waals surface area contributed by atoms with Crippen LogP contribution >= 0.6 is 0 Å². The molecule has 17 heavy (non-hydrogen) atoms. The summed E-state index contributed by atoms with van der Waals surface area (Å²) in [4.78, 5) is 0. The summed E-state index contributed by atoms with van der Waals surface area (Å²) in [6.45, 7) is 2.09. The number of benzene rings is 2. The molecule has 0 aliphatic rings. The summed E-state index contributed by atoms with van der Waals surface area (Å²) in [6.07, 6.45) is 1.98. The molecule has 0 saturated carbocycles. The summed E-state index contributed by atoms with van der Waals surface area (Å²) in [7, 11) is 0. The van der Waals surface area contributed by atoms with E-state index in [0.717, 1.165) is 5.69 Å². The summed E-state index contributed by atoms with van der Waals surface area (Å²) in [6, 6.07) is 16.5. The molecule has 3 heteroatoms. The fourth-order valence-corrected chi connectivity index (χ4v) is 3.34. The first-order valence-electron chi connectivity index (χ1n) is 5.28. The van der Waals surface area contributed by atoms with E-state index in [1.165, 1.54) is 14.5 Å². The topological polar surface area (TPSA) is 35.8 Å². The van der Waals surface area contributed by atoms with Gasteiger partial charge in [0, 0.05) is 0 Å². The Hall–Kier alpha value is -1.75.